The van der Waals surface area contributed by atoms with Gasteiger partial charge in [-0.1, -0.05) is 36.4 Å². The van der Waals surface area contributed by atoms with Crippen LogP contribution < -0.4 is 5.32 Å². The first kappa shape index (κ1) is 15.3. The van der Waals surface area contributed by atoms with Gasteiger partial charge in [0.1, 0.15) is 6.04 Å². The van der Waals surface area contributed by atoms with Crippen molar-refractivity contribution in [3.05, 3.63) is 48.0 Å². The fraction of sp³-hybridized carbons (Fsp3) is 0.267. The Morgan fingerprint density at radius 3 is 2.48 bits per heavy atom. The maximum atomic E-state index is 12.3. The summed E-state index contributed by atoms with van der Waals surface area (Å²) < 4.78 is 41.6. The van der Waals surface area contributed by atoms with Crippen LogP contribution in [0, 0.1) is 0 Å². The van der Waals surface area contributed by atoms with Gasteiger partial charge in [-0.2, -0.15) is 13.2 Å². The van der Waals surface area contributed by atoms with Crippen LogP contribution in [0.3, 0.4) is 0 Å². The summed E-state index contributed by atoms with van der Waals surface area (Å²) in [6, 6.07) is 11.3. The molecule has 3 nitrogen and oxygen atoms in total. The summed E-state index contributed by atoms with van der Waals surface area (Å²) >= 11 is 0. The number of carbonyl (C=O) groups is 1. The Morgan fingerprint density at radius 1 is 1.19 bits per heavy atom. The molecule has 0 aliphatic heterocycles. The lowest BCUT2D eigenvalue weighted by Gasteiger charge is -2.18. The van der Waals surface area contributed by atoms with Gasteiger partial charge >= 0.3 is 12.1 Å². The third-order valence-electron chi connectivity index (χ3n) is 3.05. The van der Waals surface area contributed by atoms with E-state index in [4.69, 9.17) is 0 Å². The van der Waals surface area contributed by atoms with Crippen molar-refractivity contribution >= 4 is 16.7 Å². The SMILES string of the molecule is COC(=O)C(NCC(F)(F)F)c1ccc2ccccc2c1. The number of benzene rings is 2. The zero-order valence-corrected chi connectivity index (χ0v) is 11.3. The standard InChI is InChI=1S/C15H14F3NO2/c1-21-14(20)13(19-9-15(16,17)18)12-7-6-10-4-2-3-5-11(10)8-12/h2-8,13,19H,9H2,1H3. The Balaban J connectivity index is 2.31. The molecular formula is C15H14F3NO2. The Bertz CT molecular complexity index is 640. The molecule has 1 unspecified atom stereocenters. The summed E-state index contributed by atoms with van der Waals surface area (Å²) in [5.74, 6) is -0.755. The molecule has 0 amide bonds. The average molecular weight is 297 g/mol. The number of methoxy groups -OCH3 is 1. The molecule has 1 N–H and O–H groups in total. The number of nitrogens with one attached hydrogen (secondary N) is 1. The summed E-state index contributed by atoms with van der Waals surface area (Å²) in [6.07, 6.45) is -4.40. The van der Waals surface area contributed by atoms with Crippen LogP contribution in [-0.2, 0) is 9.53 Å². The van der Waals surface area contributed by atoms with Crippen LogP contribution in [0.4, 0.5) is 13.2 Å². The van der Waals surface area contributed by atoms with Gasteiger partial charge in [0.2, 0.25) is 0 Å². The van der Waals surface area contributed by atoms with Crippen LogP contribution in [0.5, 0.6) is 0 Å². The Morgan fingerprint density at radius 2 is 1.86 bits per heavy atom. The number of esters is 1. The third kappa shape index (κ3) is 3.95. The molecule has 0 heterocycles. The third-order valence-corrected chi connectivity index (χ3v) is 3.05. The summed E-state index contributed by atoms with van der Waals surface area (Å²) in [5.41, 5.74) is 0.435. The van der Waals surface area contributed by atoms with Gasteiger partial charge in [0.05, 0.1) is 13.7 Å². The van der Waals surface area contributed by atoms with Crippen LogP contribution in [0.25, 0.3) is 10.8 Å². The highest BCUT2D eigenvalue weighted by Gasteiger charge is 2.31. The number of carbonyl (C=O) groups excluding carboxylic acids is 1. The van der Waals surface area contributed by atoms with Crippen molar-refractivity contribution in [1.82, 2.24) is 5.32 Å². The van der Waals surface area contributed by atoms with Crippen molar-refractivity contribution in [2.75, 3.05) is 13.7 Å². The highest BCUT2D eigenvalue weighted by Crippen LogP contribution is 2.23. The molecule has 112 valence electrons. The maximum Gasteiger partial charge on any atom is 0.401 e. The second-order valence-electron chi connectivity index (χ2n) is 4.56. The molecule has 1 atom stereocenters. The van der Waals surface area contributed by atoms with Crippen molar-refractivity contribution in [1.29, 1.82) is 0 Å². The van der Waals surface area contributed by atoms with Gasteiger partial charge in [0, 0.05) is 0 Å². The minimum Gasteiger partial charge on any atom is -0.468 e. The van der Waals surface area contributed by atoms with Crippen molar-refractivity contribution in [2.45, 2.75) is 12.2 Å². The largest absolute Gasteiger partial charge is 0.468 e. The van der Waals surface area contributed by atoms with E-state index in [-0.39, 0.29) is 0 Å². The lowest BCUT2D eigenvalue weighted by Crippen LogP contribution is -2.36. The number of fused-ring (bicyclic) bond motifs is 1. The average Bonchev–Trinajstić information content (AvgIpc) is 2.45. The molecule has 0 bridgehead atoms. The van der Waals surface area contributed by atoms with Gasteiger partial charge in [0.15, 0.2) is 0 Å². The maximum absolute atomic E-state index is 12.3. The van der Waals surface area contributed by atoms with Crippen LogP contribution in [0.1, 0.15) is 11.6 Å². The molecule has 0 aromatic heterocycles. The Hall–Kier alpha value is -2.08. The highest BCUT2D eigenvalue weighted by atomic mass is 19.4. The predicted molar refractivity (Wildman–Crippen MR) is 72.8 cm³/mol. The fourth-order valence-electron chi connectivity index (χ4n) is 2.06. The first-order chi connectivity index (χ1) is 9.90. The lowest BCUT2D eigenvalue weighted by molar-refractivity contribution is -0.146. The second-order valence-corrected chi connectivity index (χ2v) is 4.56. The summed E-state index contributed by atoms with van der Waals surface area (Å²) in [4.78, 5) is 11.7. The minimum atomic E-state index is -4.40. The monoisotopic (exact) mass is 297 g/mol. The van der Waals surface area contributed by atoms with Crippen molar-refractivity contribution < 1.29 is 22.7 Å². The normalized spacial score (nSPS) is 13.1. The van der Waals surface area contributed by atoms with Gasteiger partial charge in [-0.3, -0.25) is 5.32 Å². The number of hydrogen-bond donors (Lipinski definition) is 1. The molecule has 0 radical (unpaired) electrons. The van der Waals surface area contributed by atoms with E-state index in [0.717, 1.165) is 17.9 Å². The Labute approximate surface area is 119 Å². The van der Waals surface area contributed by atoms with E-state index in [1.165, 1.54) is 0 Å². The molecule has 2 aromatic rings. The van der Waals surface area contributed by atoms with Crippen molar-refractivity contribution in [2.24, 2.45) is 0 Å². The molecule has 2 rings (SSSR count). The summed E-state index contributed by atoms with van der Waals surface area (Å²) in [5, 5.41) is 3.98. The first-order valence-corrected chi connectivity index (χ1v) is 6.27. The second kappa shape index (κ2) is 6.13. The smallest absolute Gasteiger partial charge is 0.401 e. The molecular weight excluding hydrogens is 283 g/mol. The van der Waals surface area contributed by atoms with Gasteiger partial charge in [-0.05, 0) is 22.4 Å². The van der Waals surface area contributed by atoms with E-state index >= 15 is 0 Å². The highest BCUT2D eigenvalue weighted by molar-refractivity contribution is 5.85. The summed E-state index contributed by atoms with van der Waals surface area (Å²) in [6.45, 7) is -1.26. The van der Waals surface area contributed by atoms with Crippen LogP contribution >= 0.6 is 0 Å². The molecule has 0 saturated heterocycles. The van der Waals surface area contributed by atoms with Crippen molar-refractivity contribution in [3.63, 3.8) is 0 Å². The minimum absolute atomic E-state index is 0.435. The van der Waals surface area contributed by atoms with E-state index in [1.54, 1.807) is 18.2 Å². The van der Waals surface area contributed by atoms with Crippen molar-refractivity contribution in [3.8, 4) is 0 Å². The number of ether oxygens (including phenoxy) is 1. The first-order valence-electron chi connectivity index (χ1n) is 6.27. The zero-order valence-electron chi connectivity index (χ0n) is 11.3. The molecule has 0 saturated carbocycles. The number of alkyl halides is 3. The molecule has 0 fully saturated rings. The van der Waals surface area contributed by atoms with E-state index in [0.29, 0.717) is 5.56 Å². The number of hydrogen-bond acceptors (Lipinski definition) is 3. The molecule has 6 heteroatoms. The van der Waals surface area contributed by atoms with Gasteiger partial charge < -0.3 is 4.74 Å². The van der Waals surface area contributed by atoms with E-state index in [9.17, 15) is 18.0 Å². The Kier molecular flexibility index (Phi) is 4.47. The van der Waals surface area contributed by atoms with Gasteiger partial charge in [-0.15, -0.1) is 0 Å². The van der Waals surface area contributed by atoms with Crippen LogP contribution in [0.15, 0.2) is 42.5 Å². The van der Waals surface area contributed by atoms with E-state index in [2.05, 4.69) is 10.1 Å². The summed E-state index contributed by atoms with van der Waals surface area (Å²) in [7, 11) is 1.14. The molecule has 2 aromatic carbocycles. The zero-order chi connectivity index (χ0) is 15.5. The van der Waals surface area contributed by atoms with E-state index < -0.39 is 24.7 Å². The quantitative estimate of drug-likeness (QED) is 0.881. The van der Waals surface area contributed by atoms with Crippen LogP contribution in [-0.4, -0.2) is 25.8 Å². The number of halogens is 3. The topological polar surface area (TPSA) is 38.3 Å². The molecule has 21 heavy (non-hydrogen) atoms. The molecule has 0 aliphatic carbocycles. The predicted octanol–water partition coefficient (Wildman–Crippen LogP) is 3.21. The van der Waals surface area contributed by atoms with Crippen LogP contribution in [0.2, 0.25) is 0 Å². The number of rotatable bonds is 4. The van der Waals surface area contributed by atoms with Gasteiger partial charge in [-0.25, -0.2) is 4.79 Å². The fourth-order valence-corrected chi connectivity index (χ4v) is 2.06. The molecule has 0 spiro atoms. The van der Waals surface area contributed by atoms with Gasteiger partial charge in [0.25, 0.3) is 0 Å². The van der Waals surface area contributed by atoms with E-state index in [1.807, 2.05) is 24.3 Å². The molecule has 0 aliphatic rings. The lowest BCUT2D eigenvalue weighted by atomic mass is 10.0.